The van der Waals surface area contributed by atoms with Crippen molar-refractivity contribution in [3.63, 3.8) is 0 Å². The van der Waals surface area contributed by atoms with E-state index in [4.69, 9.17) is 21.4 Å². The van der Waals surface area contributed by atoms with Crippen LogP contribution in [0.4, 0.5) is 0 Å². The Morgan fingerprint density at radius 1 is 1.28 bits per heavy atom. The Labute approximate surface area is 109 Å². The van der Waals surface area contributed by atoms with E-state index in [1.165, 1.54) is 13.2 Å². The van der Waals surface area contributed by atoms with E-state index in [1.54, 1.807) is 30.5 Å². The Bertz CT molecular complexity index is 599. The largest absolute Gasteiger partial charge is 0.481 e. The van der Waals surface area contributed by atoms with Gasteiger partial charge in [-0.3, -0.25) is 0 Å². The molecule has 18 heavy (non-hydrogen) atoms. The van der Waals surface area contributed by atoms with E-state index in [0.29, 0.717) is 5.88 Å². The molecule has 0 aliphatic rings. The lowest BCUT2D eigenvalue weighted by atomic mass is 10.0. The molecule has 0 fully saturated rings. The predicted octanol–water partition coefficient (Wildman–Crippen LogP) is 3.11. The predicted molar refractivity (Wildman–Crippen MR) is 68.2 cm³/mol. The molecule has 4 nitrogen and oxygen atoms in total. The van der Waals surface area contributed by atoms with Gasteiger partial charge < -0.3 is 9.84 Å². The number of benzene rings is 1. The molecule has 0 aliphatic heterocycles. The quantitative estimate of drug-likeness (QED) is 0.924. The van der Waals surface area contributed by atoms with Crippen LogP contribution in [-0.2, 0) is 0 Å². The first kappa shape index (κ1) is 12.4. The van der Waals surface area contributed by atoms with Crippen LogP contribution in [0.3, 0.4) is 0 Å². The van der Waals surface area contributed by atoms with Gasteiger partial charge in [-0.1, -0.05) is 17.7 Å². The number of methoxy groups -OCH3 is 1. The molecule has 1 N–H and O–H groups in total. The van der Waals surface area contributed by atoms with Crippen LogP contribution in [0, 0.1) is 0 Å². The van der Waals surface area contributed by atoms with E-state index in [2.05, 4.69) is 4.98 Å². The topological polar surface area (TPSA) is 59.4 Å². The summed E-state index contributed by atoms with van der Waals surface area (Å²) in [4.78, 5) is 15.0. The molecule has 0 unspecified atom stereocenters. The van der Waals surface area contributed by atoms with Crippen LogP contribution < -0.4 is 4.74 Å². The zero-order valence-corrected chi connectivity index (χ0v) is 10.3. The van der Waals surface area contributed by atoms with Crippen molar-refractivity contribution in [2.45, 2.75) is 0 Å². The molecule has 1 heterocycles. The van der Waals surface area contributed by atoms with Crippen molar-refractivity contribution in [2.24, 2.45) is 0 Å². The molecule has 0 aliphatic carbocycles. The zero-order valence-electron chi connectivity index (χ0n) is 9.55. The van der Waals surface area contributed by atoms with Crippen LogP contribution in [-0.4, -0.2) is 23.2 Å². The second-order valence-electron chi connectivity index (χ2n) is 3.59. The number of halogens is 1. The second kappa shape index (κ2) is 5.06. The SMILES string of the molecule is COc1cc(-c2ccc(Cl)c(C(=O)O)c2)ccn1. The third-order valence-corrected chi connectivity index (χ3v) is 2.80. The number of hydrogen-bond donors (Lipinski definition) is 1. The maximum Gasteiger partial charge on any atom is 0.337 e. The van der Waals surface area contributed by atoms with Gasteiger partial charge in [-0.15, -0.1) is 0 Å². The number of hydrogen-bond acceptors (Lipinski definition) is 3. The summed E-state index contributed by atoms with van der Waals surface area (Å²) in [5.41, 5.74) is 1.64. The molecule has 0 amide bonds. The first-order chi connectivity index (χ1) is 8.61. The smallest absolute Gasteiger partial charge is 0.337 e. The molecular weight excluding hydrogens is 254 g/mol. The summed E-state index contributed by atoms with van der Waals surface area (Å²) >= 11 is 5.82. The highest BCUT2D eigenvalue weighted by molar-refractivity contribution is 6.33. The first-order valence-corrected chi connectivity index (χ1v) is 5.53. The summed E-state index contributed by atoms with van der Waals surface area (Å²) in [5, 5.41) is 9.23. The molecule has 0 spiro atoms. The van der Waals surface area contributed by atoms with Crippen molar-refractivity contribution >= 4 is 17.6 Å². The molecule has 0 saturated carbocycles. The molecular formula is C13H10ClNO3. The van der Waals surface area contributed by atoms with Gasteiger partial charge in [-0.25, -0.2) is 9.78 Å². The molecule has 0 radical (unpaired) electrons. The molecule has 0 bridgehead atoms. The normalized spacial score (nSPS) is 10.1. The Hall–Kier alpha value is -2.07. The van der Waals surface area contributed by atoms with Gasteiger partial charge in [-0.05, 0) is 29.3 Å². The van der Waals surface area contributed by atoms with Crippen molar-refractivity contribution < 1.29 is 14.6 Å². The van der Waals surface area contributed by atoms with E-state index in [0.717, 1.165) is 11.1 Å². The Kier molecular flexibility index (Phi) is 3.48. The number of carbonyl (C=O) groups is 1. The summed E-state index contributed by atoms with van der Waals surface area (Å²) in [5.74, 6) is -0.581. The molecule has 0 atom stereocenters. The highest BCUT2D eigenvalue weighted by Gasteiger charge is 2.10. The third kappa shape index (κ3) is 2.43. The molecule has 1 aromatic carbocycles. The Balaban J connectivity index is 2.50. The molecule has 92 valence electrons. The molecule has 1 aromatic heterocycles. The molecule has 0 saturated heterocycles. The van der Waals surface area contributed by atoms with Gasteiger partial charge in [0, 0.05) is 12.3 Å². The third-order valence-electron chi connectivity index (χ3n) is 2.47. The van der Waals surface area contributed by atoms with Gasteiger partial charge in [0.1, 0.15) is 0 Å². The monoisotopic (exact) mass is 263 g/mol. The van der Waals surface area contributed by atoms with E-state index >= 15 is 0 Å². The lowest BCUT2D eigenvalue weighted by molar-refractivity contribution is 0.0697. The number of carboxylic acid groups (broad SMARTS) is 1. The standard InChI is InChI=1S/C13H10ClNO3/c1-18-12-7-9(4-5-15-12)8-2-3-11(14)10(6-8)13(16)17/h2-7H,1H3,(H,16,17). The molecule has 2 aromatic rings. The average Bonchev–Trinajstić information content (AvgIpc) is 2.39. The van der Waals surface area contributed by atoms with Crippen LogP contribution in [0.2, 0.25) is 5.02 Å². The lowest BCUT2D eigenvalue weighted by Gasteiger charge is -2.06. The van der Waals surface area contributed by atoms with Crippen molar-refractivity contribution in [1.82, 2.24) is 4.98 Å². The van der Waals surface area contributed by atoms with Gasteiger partial charge in [-0.2, -0.15) is 0 Å². The average molecular weight is 264 g/mol. The number of carboxylic acids is 1. The minimum atomic E-state index is -1.05. The number of pyridine rings is 1. The molecule has 2 rings (SSSR count). The summed E-state index contributed by atoms with van der Waals surface area (Å²) < 4.78 is 5.02. The minimum Gasteiger partial charge on any atom is -0.481 e. The van der Waals surface area contributed by atoms with E-state index < -0.39 is 5.97 Å². The van der Waals surface area contributed by atoms with Crippen molar-refractivity contribution in [2.75, 3.05) is 7.11 Å². The maximum absolute atomic E-state index is 11.0. The van der Waals surface area contributed by atoms with Crippen LogP contribution in [0.1, 0.15) is 10.4 Å². The summed E-state index contributed by atoms with van der Waals surface area (Å²) in [7, 11) is 1.52. The summed E-state index contributed by atoms with van der Waals surface area (Å²) in [6.07, 6.45) is 1.60. The van der Waals surface area contributed by atoms with E-state index in [-0.39, 0.29) is 10.6 Å². The highest BCUT2D eigenvalue weighted by atomic mass is 35.5. The van der Waals surface area contributed by atoms with Gasteiger partial charge in [0.05, 0.1) is 17.7 Å². The van der Waals surface area contributed by atoms with Gasteiger partial charge in [0.2, 0.25) is 5.88 Å². The summed E-state index contributed by atoms with van der Waals surface area (Å²) in [6, 6.07) is 8.35. The van der Waals surface area contributed by atoms with Gasteiger partial charge in [0.15, 0.2) is 0 Å². The van der Waals surface area contributed by atoms with Crippen LogP contribution >= 0.6 is 11.6 Å². The Morgan fingerprint density at radius 2 is 2.00 bits per heavy atom. The fourth-order valence-electron chi connectivity index (χ4n) is 1.57. The number of ether oxygens (including phenoxy) is 1. The number of aromatic carboxylic acids is 1. The van der Waals surface area contributed by atoms with Crippen LogP contribution in [0.25, 0.3) is 11.1 Å². The Morgan fingerprint density at radius 3 is 2.67 bits per heavy atom. The zero-order chi connectivity index (χ0) is 13.1. The molecule has 5 heteroatoms. The fourth-order valence-corrected chi connectivity index (χ4v) is 1.77. The van der Waals surface area contributed by atoms with Crippen LogP contribution in [0.15, 0.2) is 36.5 Å². The van der Waals surface area contributed by atoms with Crippen molar-refractivity contribution in [3.05, 3.63) is 47.1 Å². The lowest BCUT2D eigenvalue weighted by Crippen LogP contribution is -1.97. The van der Waals surface area contributed by atoms with Gasteiger partial charge in [0.25, 0.3) is 0 Å². The van der Waals surface area contributed by atoms with Crippen molar-refractivity contribution in [1.29, 1.82) is 0 Å². The second-order valence-corrected chi connectivity index (χ2v) is 3.99. The highest BCUT2D eigenvalue weighted by Crippen LogP contribution is 2.26. The minimum absolute atomic E-state index is 0.0740. The van der Waals surface area contributed by atoms with Crippen molar-refractivity contribution in [3.8, 4) is 17.0 Å². The number of aromatic nitrogens is 1. The van der Waals surface area contributed by atoms with E-state index in [1.807, 2.05) is 0 Å². The first-order valence-electron chi connectivity index (χ1n) is 5.15. The maximum atomic E-state index is 11.0. The van der Waals surface area contributed by atoms with Crippen LogP contribution in [0.5, 0.6) is 5.88 Å². The number of rotatable bonds is 3. The number of nitrogens with zero attached hydrogens (tertiary/aromatic N) is 1. The summed E-state index contributed by atoms with van der Waals surface area (Å²) in [6.45, 7) is 0. The van der Waals surface area contributed by atoms with E-state index in [9.17, 15) is 4.79 Å². The van der Waals surface area contributed by atoms with Gasteiger partial charge >= 0.3 is 5.97 Å². The fraction of sp³-hybridized carbons (Fsp3) is 0.0769.